The molecule has 2 amide bonds. The molecule has 0 radical (unpaired) electrons. The molecule has 0 aliphatic rings. The Bertz CT molecular complexity index is 461. The van der Waals surface area contributed by atoms with Crippen LogP contribution in [-0.2, 0) is 0 Å². The van der Waals surface area contributed by atoms with Crippen molar-refractivity contribution in [3.63, 3.8) is 0 Å². The number of amides is 2. The Morgan fingerprint density at radius 1 is 1.23 bits per heavy atom. The van der Waals surface area contributed by atoms with Crippen molar-refractivity contribution in [3.05, 3.63) is 28.7 Å². The highest BCUT2D eigenvalue weighted by Crippen LogP contribution is 2.20. The Hall–Kier alpha value is -1.07. The van der Waals surface area contributed by atoms with E-state index in [0.29, 0.717) is 18.5 Å². The molecular formula is C17H28BrN3O. The molecule has 0 bridgehead atoms. The number of rotatable bonds is 8. The van der Waals surface area contributed by atoms with Crippen LogP contribution in [0.4, 0.5) is 10.5 Å². The Labute approximate surface area is 142 Å². The van der Waals surface area contributed by atoms with Gasteiger partial charge in [-0.2, -0.15) is 0 Å². The van der Waals surface area contributed by atoms with Crippen LogP contribution in [0.2, 0.25) is 0 Å². The lowest BCUT2D eigenvalue weighted by molar-refractivity contribution is 0.186. The molecule has 4 nitrogen and oxygen atoms in total. The summed E-state index contributed by atoms with van der Waals surface area (Å²) >= 11 is 3.43. The van der Waals surface area contributed by atoms with Crippen molar-refractivity contribution in [1.82, 2.24) is 10.2 Å². The molecule has 0 aliphatic carbocycles. The number of carbonyl (C=O) groups excluding carboxylic acids is 1. The predicted octanol–water partition coefficient (Wildman–Crippen LogP) is 4.33. The van der Waals surface area contributed by atoms with Crippen molar-refractivity contribution in [1.29, 1.82) is 0 Å². The van der Waals surface area contributed by atoms with E-state index in [2.05, 4.69) is 59.2 Å². The summed E-state index contributed by atoms with van der Waals surface area (Å²) in [5.41, 5.74) is 0.781. The molecule has 0 aromatic heterocycles. The van der Waals surface area contributed by atoms with Gasteiger partial charge in [-0.1, -0.05) is 39.8 Å². The molecule has 2 N–H and O–H groups in total. The zero-order chi connectivity index (χ0) is 16.5. The number of benzene rings is 1. The minimum absolute atomic E-state index is 0.159. The van der Waals surface area contributed by atoms with Gasteiger partial charge < -0.3 is 10.6 Å². The minimum atomic E-state index is -0.159. The van der Waals surface area contributed by atoms with Gasteiger partial charge >= 0.3 is 6.03 Å². The van der Waals surface area contributed by atoms with Crippen LogP contribution >= 0.6 is 15.9 Å². The number of anilines is 1. The number of halogens is 1. The number of hydrogen-bond acceptors (Lipinski definition) is 2. The average molecular weight is 370 g/mol. The molecule has 0 heterocycles. The van der Waals surface area contributed by atoms with Crippen molar-refractivity contribution < 1.29 is 4.79 Å². The lowest BCUT2D eigenvalue weighted by atomic mass is 10.0. The Morgan fingerprint density at radius 2 is 1.86 bits per heavy atom. The molecule has 1 atom stereocenters. The summed E-state index contributed by atoms with van der Waals surface area (Å²) in [5.74, 6) is 0.610. The topological polar surface area (TPSA) is 44.4 Å². The van der Waals surface area contributed by atoms with Gasteiger partial charge in [0.15, 0.2) is 0 Å². The van der Waals surface area contributed by atoms with Gasteiger partial charge in [0.2, 0.25) is 0 Å². The van der Waals surface area contributed by atoms with Gasteiger partial charge in [-0.3, -0.25) is 4.90 Å². The molecule has 0 fully saturated rings. The van der Waals surface area contributed by atoms with Gasteiger partial charge in [-0.15, -0.1) is 0 Å². The molecule has 0 spiro atoms. The fourth-order valence-corrected chi connectivity index (χ4v) is 2.97. The quantitative estimate of drug-likeness (QED) is 0.716. The second-order valence-corrected chi connectivity index (χ2v) is 6.67. The zero-order valence-electron chi connectivity index (χ0n) is 14.0. The number of urea groups is 1. The first-order valence-corrected chi connectivity index (χ1v) is 8.80. The van der Waals surface area contributed by atoms with Crippen LogP contribution in [0.15, 0.2) is 28.7 Å². The smallest absolute Gasteiger partial charge is 0.319 e. The molecule has 0 saturated carbocycles. The van der Waals surface area contributed by atoms with Gasteiger partial charge in [0.25, 0.3) is 0 Å². The molecule has 0 saturated heterocycles. The summed E-state index contributed by atoms with van der Waals surface area (Å²) in [6.45, 7) is 11.4. The molecule has 5 heteroatoms. The lowest BCUT2D eigenvalue weighted by Crippen LogP contribution is -2.45. The first-order chi connectivity index (χ1) is 10.5. The SMILES string of the molecule is CCN(CC)[C@@H](CNC(=O)Nc1ccccc1Br)CC(C)C. The number of likely N-dealkylation sites (N-methyl/N-ethyl adjacent to an activating group) is 1. The lowest BCUT2D eigenvalue weighted by Gasteiger charge is -2.31. The van der Waals surface area contributed by atoms with Crippen molar-refractivity contribution >= 4 is 27.6 Å². The van der Waals surface area contributed by atoms with Crippen LogP contribution in [0.25, 0.3) is 0 Å². The van der Waals surface area contributed by atoms with Gasteiger partial charge in [-0.25, -0.2) is 4.79 Å². The van der Waals surface area contributed by atoms with Crippen LogP contribution < -0.4 is 10.6 Å². The maximum atomic E-state index is 12.1. The largest absolute Gasteiger partial charge is 0.336 e. The number of nitrogens with one attached hydrogen (secondary N) is 2. The Kier molecular flexibility index (Phi) is 8.49. The van der Waals surface area contributed by atoms with E-state index in [1.54, 1.807) is 0 Å². The highest BCUT2D eigenvalue weighted by Gasteiger charge is 2.18. The third kappa shape index (κ3) is 6.36. The molecular weight excluding hydrogens is 342 g/mol. The summed E-state index contributed by atoms with van der Waals surface area (Å²) < 4.78 is 0.882. The van der Waals surface area contributed by atoms with E-state index >= 15 is 0 Å². The van der Waals surface area contributed by atoms with Crippen molar-refractivity contribution in [2.75, 3.05) is 25.0 Å². The molecule has 124 valence electrons. The fraction of sp³-hybridized carbons (Fsp3) is 0.588. The van der Waals surface area contributed by atoms with E-state index in [1.165, 1.54) is 0 Å². The van der Waals surface area contributed by atoms with E-state index in [4.69, 9.17) is 0 Å². The minimum Gasteiger partial charge on any atom is -0.336 e. The molecule has 22 heavy (non-hydrogen) atoms. The molecule has 1 aromatic rings. The second kappa shape index (κ2) is 9.85. The van der Waals surface area contributed by atoms with Crippen LogP contribution in [0, 0.1) is 5.92 Å². The van der Waals surface area contributed by atoms with Gasteiger partial charge in [0.05, 0.1) is 5.69 Å². The highest BCUT2D eigenvalue weighted by molar-refractivity contribution is 9.10. The molecule has 1 aromatic carbocycles. The van der Waals surface area contributed by atoms with Gasteiger partial charge in [0.1, 0.15) is 0 Å². The van der Waals surface area contributed by atoms with Crippen molar-refractivity contribution in [2.24, 2.45) is 5.92 Å². The first-order valence-electron chi connectivity index (χ1n) is 8.01. The van der Waals surface area contributed by atoms with E-state index in [1.807, 2.05) is 24.3 Å². The molecule has 1 rings (SSSR count). The number of carbonyl (C=O) groups is 1. The standard InChI is InChI=1S/C17H28BrN3O/c1-5-21(6-2)14(11-13(3)4)12-19-17(22)20-16-10-8-7-9-15(16)18/h7-10,13-14H,5-6,11-12H2,1-4H3,(H2,19,20,22)/t14-/m1/s1. The van der Waals surface area contributed by atoms with Crippen LogP contribution in [-0.4, -0.2) is 36.6 Å². The maximum absolute atomic E-state index is 12.1. The van der Waals surface area contributed by atoms with Crippen LogP contribution in [0.5, 0.6) is 0 Å². The average Bonchev–Trinajstić information content (AvgIpc) is 2.47. The third-order valence-corrected chi connectivity index (χ3v) is 4.38. The fourth-order valence-electron chi connectivity index (χ4n) is 2.59. The number of hydrogen-bond donors (Lipinski definition) is 2. The van der Waals surface area contributed by atoms with Crippen LogP contribution in [0.3, 0.4) is 0 Å². The van der Waals surface area contributed by atoms with Crippen molar-refractivity contribution in [2.45, 2.75) is 40.2 Å². The van der Waals surface area contributed by atoms with E-state index in [-0.39, 0.29) is 6.03 Å². The summed E-state index contributed by atoms with van der Waals surface area (Å²) in [4.78, 5) is 14.5. The molecule has 0 aliphatic heterocycles. The summed E-state index contributed by atoms with van der Waals surface area (Å²) in [5, 5.41) is 5.88. The maximum Gasteiger partial charge on any atom is 0.319 e. The second-order valence-electron chi connectivity index (χ2n) is 5.82. The van der Waals surface area contributed by atoms with E-state index in [0.717, 1.165) is 29.7 Å². The Morgan fingerprint density at radius 3 is 2.41 bits per heavy atom. The van der Waals surface area contributed by atoms with E-state index in [9.17, 15) is 4.79 Å². The van der Waals surface area contributed by atoms with Gasteiger partial charge in [0, 0.05) is 17.1 Å². The summed E-state index contributed by atoms with van der Waals surface area (Å²) in [7, 11) is 0. The Balaban J connectivity index is 2.56. The third-order valence-electron chi connectivity index (χ3n) is 3.69. The number of nitrogens with zero attached hydrogens (tertiary/aromatic N) is 1. The first kappa shape index (κ1) is 19.0. The normalized spacial score (nSPS) is 12.5. The number of para-hydroxylation sites is 1. The molecule has 0 unspecified atom stereocenters. The summed E-state index contributed by atoms with van der Waals surface area (Å²) in [6, 6.07) is 7.82. The monoisotopic (exact) mass is 369 g/mol. The van der Waals surface area contributed by atoms with Gasteiger partial charge in [-0.05, 0) is 53.5 Å². The highest BCUT2D eigenvalue weighted by atomic mass is 79.9. The van der Waals surface area contributed by atoms with E-state index < -0.39 is 0 Å². The van der Waals surface area contributed by atoms with Crippen molar-refractivity contribution in [3.8, 4) is 0 Å². The zero-order valence-corrected chi connectivity index (χ0v) is 15.6. The summed E-state index contributed by atoms with van der Waals surface area (Å²) in [6.07, 6.45) is 1.08. The predicted molar refractivity (Wildman–Crippen MR) is 97.3 cm³/mol. The van der Waals surface area contributed by atoms with Crippen LogP contribution in [0.1, 0.15) is 34.1 Å².